The van der Waals surface area contributed by atoms with Crippen LogP contribution in [0.5, 0.6) is 0 Å². The zero-order chi connectivity index (χ0) is 20.1. The Morgan fingerprint density at radius 1 is 1.10 bits per heavy atom. The van der Waals surface area contributed by atoms with Gasteiger partial charge >= 0.3 is 0 Å². The van der Waals surface area contributed by atoms with Gasteiger partial charge in [-0.15, -0.1) is 0 Å². The number of aromatic nitrogens is 1. The molecular formula is C23H25FN4O. The smallest absolute Gasteiger partial charge is 0.226 e. The van der Waals surface area contributed by atoms with Crippen molar-refractivity contribution in [3.8, 4) is 11.5 Å². The van der Waals surface area contributed by atoms with Crippen molar-refractivity contribution in [2.75, 3.05) is 20.1 Å². The van der Waals surface area contributed by atoms with Crippen molar-refractivity contribution in [1.29, 1.82) is 0 Å². The molecule has 5 nitrogen and oxygen atoms in total. The summed E-state index contributed by atoms with van der Waals surface area (Å²) in [5, 5.41) is 6.79. The maximum absolute atomic E-state index is 13.0. The number of hydrogen-bond donors (Lipinski definition) is 2. The molecule has 29 heavy (non-hydrogen) atoms. The third kappa shape index (κ3) is 4.65. The zero-order valence-electron chi connectivity index (χ0n) is 16.5. The van der Waals surface area contributed by atoms with Crippen molar-refractivity contribution in [3.63, 3.8) is 0 Å². The van der Waals surface area contributed by atoms with E-state index >= 15 is 0 Å². The van der Waals surface area contributed by atoms with Crippen LogP contribution < -0.4 is 10.6 Å². The molecule has 0 aliphatic heterocycles. The van der Waals surface area contributed by atoms with Crippen molar-refractivity contribution >= 4 is 5.96 Å². The molecule has 0 spiro atoms. The maximum Gasteiger partial charge on any atom is 0.226 e. The van der Waals surface area contributed by atoms with Crippen molar-refractivity contribution in [1.82, 2.24) is 15.6 Å². The molecule has 1 aliphatic rings. The summed E-state index contributed by atoms with van der Waals surface area (Å²) in [6.45, 7) is 1.56. The first-order valence-corrected chi connectivity index (χ1v) is 9.89. The molecule has 1 fully saturated rings. The number of hydrogen-bond acceptors (Lipinski definition) is 3. The number of halogens is 1. The first-order chi connectivity index (χ1) is 14.2. The van der Waals surface area contributed by atoms with Crippen LogP contribution in [-0.2, 0) is 11.8 Å². The van der Waals surface area contributed by atoms with E-state index in [1.54, 1.807) is 25.4 Å². The van der Waals surface area contributed by atoms with E-state index in [4.69, 9.17) is 4.42 Å². The van der Waals surface area contributed by atoms with Gasteiger partial charge in [-0.1, -0.05) is 30.3 Å². The summed E-state index contributed by atoms with van der Waals surface area (Å²) in [6, 6.07) is 16.8. The van der Waals surface area contributed by atoms with Gasteiger partial charge < -0.3 is 15.1 Å². The Labute approximate surface area is 170 Å². The lowest BCUT2D eigenvalue weighted by Gasteiger charge is -2.19. The number of benzene rings is 2. The van der Waals surface area contributed by atoms with Gasteiger partial charge in [0.2, 0.25) is 5.89 Å². The highest BCUT2D eigenvalue weighted by Crippen LogP contribution is 2.47. The van der Waals surface area contributed by atoms with Crippen molar-refractivity contribution in [2.45, 2.75) is 24.7 Å². The second-order valence-corrected chi connectivity index (χ2v) is 7.40. The van der Waals surface area contributed by atoms with E-state index in [-0.39, 0.29) is 11.2 Å². The number of rotatable bonds is 7. The van der Waals surface area contributed by atoms with Gasteiger partial charge in [-0.25, -0.2) is 9.37 Å². The average molecular weight is 392 g/mol. The lowest BCUT2D eigenvalue weighted by Crippen LogP contribution is -2.42. The molecule has 0 amide bonds. The van der Waals surface area contributed by atoms with Crippen LogP contribution in [0.3, 0.4) is 0 Å². The second kappa shape index (κ2) is 8.47. The van der Waals surface area contributed by atoms with Crippen molar-refractivity contribution in [2.24, 2.45) is 4.99 Å². The van der Waals surface area contributed by atoms with Gasteiger partial charge in [0.25, 0.3) is 0 Å². The molecule has 2 aromatic carbocycles. The molecule has 0 saturated heterocycles. The third-order valence-corrected chi connectivity index (χ3v) is 5.37. The monoisotopic (exact) mass is 392 g/mol. The Balaban J connectivity index is 1.26. The van der Waals surface area contributed by atoms with Crippen LogP contribution in [0.2, 0.25) is 0 Å². The molecular weight excluding hydrogens is 367 g/mol. The topological polar surface area (TPSA) is 62.5 Å². The van der Waals surface area contributed by atoms with Gasteiger partial charge in [-0.3, -0.25) is 4.99 Å². The molecule has 0 bridgehead atoms. The molecule has 1 heterocycles. The fraction of sp³-hybridized carbons (Fsp3) is 0.304. The van der Waals surface area contributed by atoms with E-state index in [2.05, 4.69) is 50.9 Å². The van der Waals surface area contributed by atoms with E-state index in [9.17, 15) is 4.39 Å². The molecule has 4 rings (SSSR count). The van der Waals surface area contributed by atoms with E-state index in [1.165, 1.54) is 30.5 Å². The molecule has 0 radical (unpaired) electrons. The van der Waals surface area contributed by atoms with Crippen molar-refractivity contribution < 1.29 is 8.81 Å². The minimum Gasteiger partial charge on any atom is -0.444 e. The summed E-state index contributed by atoms with van der Waals surface area (Å²) >= 11 is 0. The lowest BCUT2D eigenvalue weighted by molar-refractivity contribution is 0.571. The van der Waals surface area contributed by atoms with Crippen LogP contribution in [0, 0.1) is 5.82 Å². The van der Waals surface area contributed by atoms with Crippen LogP contribution in [0.15, 0.2) is 70.3 Å². The molecule has 3 aromatic rings. The number of guanidine groups is 1. The predicted molar refractivity (Wildman–Crippen MR) is 112 cm³/mol. The summed E-state index contributed by atoms with van der Waals surface area (Å²) in [5.74, 6) is 1.01. The van der Waals surface area contributed by atoms with Gasteiger partial charge in [0.1, 0.15) is 12.1 Å². The third-order valence-electron chi connectivity index (χ3n) is 5.37. The van der Waals surface area contributed by atoms with Crippen molar-refractivity contribution in [3.05, 3.63) is 77.9 Å². The molecule has 1 saturated carbocycles. The standard InChI is InChI=1S/C23H25FN4O/c1-25-22(27-16-23(12-13-23)18-5-3-2-4-6-18)26-14-11-20-15-29-21(28-20)17-7-9-19(24)10-8-17/h2-10,15H,11-14,16H2,1H3,(H2,25,26,27). The predicted octanol–water partition coefficient (Wildman–Crippen LogP) is 3.92. The highest BCUT2D eigenvalue weighted by atomic mass is 19.1. The molecule has 6 heteroatoms. The van der Waals surface area contributed by atoms with Crippen LogP contribution in [0.1, 0.15) is 24.1 Å². The Hall–Kier alpha value is -3.15. The summed E-state index contributed by atoms with van der Waals surface area (Å²) in [7, 11) is 1.78. The fourth-order valence-corrected chi connectivity index (χ4v) is 3.44. The summed E-state index contributed by atoms with van der Waals surface area (Å²) in [6.07, 6.45) is 4.75. The van der Waals surface area contributed by atoms with E-state index in [0.717, 1.165) is 23.8 Å². The van der Waals surface area contributed by atoms with E-state index in [0.29, 0.717) is 18.9 Å². The van der Waals surface area contributed by atoms with Crippen LogP contribution in [0.4, 0.5) is 4.39 Å². The SMILES string of the molecule is CN=C(NCCc1coc(-c2ccc(F)cc2)n1)NCC1(c2ccccc2)CC1. The minimum absolute atomic E-state index is 0.231. The summed E-state index contributed by atoms with van der Waals surface area (Å²) in [5.41, 5.74) is 3.22. The van der Waals surface area contributed by atoms with Crippen LogP contribution >= 0.6 is 0 Å². The molecule has 0 atom stereocenters. The van der Waals surface area contributed by atoms with E-state index < -0.39 is 0 Å². The normalized spacial score (nSPS) is 15.2. The Morgan fingerprint density at radius 2 is 1.86 bits per heavy atom. The van der Waals surface area contributed by atoms with Gasteiger partial charge in [-0.2, -0.15) is 0 Å². The first kappa shape index (κ1) is 19.2. The zero-order valence-corrected chi connectivity index (χ0v) is 16.5. The maximum atomic E-state index is 13.0. The number of aliphatic imine (C=N–C) groups is 1. The molecule has 2 N–H and O–H groups in total. The van der Waals surface area contributed by atoms with E-state index in [1.807, 2.05) is 0 Å². The second-order valence-electron chi connectivity index (χ2n) is 7.40. The van der Waals surface area contributed by atoms with Gasteiger partial charge in [0.15, 0.2) is 5.96 Å². The fourth-order valence-electron chi connectivity index (χ4n) is 3.44. The Bertz CT molecular complexity index is 962. The molecule has 1 aliphatic carbocycles. The number of nitrogens with one attached hydrogen (secondary N) is 2. The average Bonchev–Trinajstić information content (AvgIpc) is 3.41. The largest absolute Gasteiger partial charge is 0.444 e. The highest BCUT2D eigenvalue weighted by Gasteiger charge is 2.43. The highest BCUT2D eigenvalue weighted by molar-refractivity contribution is 5.79. The Kier molecular flexibility index (Phi) is 5.60. The summed E-state index contributed by atoms with van der Waals surface area (Å²) in [4.78, 5) is 8.80. The Morgan fingerprint density at radius 3 is 2.55 bits per heavy atom. The lowest BCUT2D eigenvalue weighted by atomic mass is 9.96. The first-order valence-electron chi connectivity index (χ1n) is 9.89. The minimum atomic E-state index is -0.274. The number of oxazole rings is 1. The summed E-state index contributed by atoms with van der Waals surface area (Å²) < 4.78 is 18.6. The number of nitrogens with zero attached hydrogens (tertiary/aromatic N) is 2. The molecule has 150 valence electrons. The van der Waals surface area contributed by atoms with Gasteiger partial charge in [-0.05, 0) is 42.7 Å². The molecule has 0 unspecified atom stereocenters. The van der Waals surface area contributed by atoms with Gasteiger partial charge in [0, 0.05) is 37.5 Å². The quantitative estimate of drug-likeness (QED) is 0.473. The van der Waals surface area contributed by atoms with Crippen LogP contribution in [-0.4, -0.2) is 31.1 Å². The van der Waals surface area contributed by atoms with Gasteiger partial charge in [0.05, 0.1) is 5.69 Å². The molecule has 1 aromatic heterocycles. The van der Waals surface area contributed by atoms with Crippen LogP contribution in [0.25, 0.3) is 11.5 Å².